The molecule has 0 aromatic carbocycles. The lowest BCUT2D eigenvalue weighted by atomic mass is 10.2. The zero-order chi connectivity index (χ0) is 21.5. The third-order valence-corrected chi connectivity index (χ3v) is 5.24. The van der Waals surface area contributed by atoms with E-state index in [1.54, 1.807) is 11.6 Å². The zero-order valence-electron chi connectivity index (χ0n) is 17.2. The van der Waals surface area contributed by atoms with Crippen LogP contribution >= 0.6 is 0 Å². The van der Waals surface area contributed by atoms with Crippen molar-refractivity contribution in [2.75, 3.05) is 12.5 Å². The summed E-state index contributed by atoms with van der Waals surface area (Å²) in [6.45, 7) is 1.80. The van der Waals surface area contributed by atoms with Gasteiger partial charge in [0.1, 0.15) is 17.7 Å². The number of amides is 1. The lowest BCUT2D eigenvalue weighted by Gasteiger charge is -2.13. The fourth-order valence-electron chi connectivity index (χ4n) is 3.11. The number of carbonyl (C=O) groups is 1. The van der Waals surface area contributed by atoms with Gasteiger partial charge in [0.2, 0.25) is 0 Å². The van der Waals surface area contributed by atoms with Crippen molar-refractivity contribution < 1.29 is 9.00 Å². The van der Waals surface area contributed by atoms with Crippen LogP contribution in [0.1, 0.15) is 53.7 Å². The molecule has 0 saturated heterocycles. The van der Waals surface area contributed by atoms with Gasteiger partial charge in [-0.05, 0) is 25.8 Å². The molecule has 0 bridgehead atoms. The predicted octanol–water partition coefficient (Wildman–Crippen LogP) is 1.52. The number of aromatic nitrogens is 7. The summed E-state index contributed by atoms with van der Waals surface area (Å²) >= 11 is 0. The minimum absolute atomic E-state index is 0.273. The quantitative estimate of drug-likeness (QED) is 0.628. The van der Waals surface area contributed by atoms with Crippen LogP contribution in [0.4, 0.5) is 5.69 Å². The number of nitrogens with one attached hydrogen (secondary N) is 1. The van der Waals surface area contributed by atoms with Gasteiger partial charge in [-0.1, -0.05) is 0 Å². The molecular formula is C18H23N9O2S. The number of rotatable bonds is 6. The van der Waals surface area contributed by atoms with Crippen molar-refractivity contribution in [1.29, 1.82) is 0 Å². The molecular weight excluding hydrogens is 406 g/mol. The summed E-state index contributed by atoms with van der Waals surface area (Å²) in [6, 6.07) is 1.39. The highest BCUT2D eigenvalue weighted by Gasteiger charge is 2.29. The maximum absolute atomic E-state index is 12.7. The average Bonchev–Trinajstić information content (AvgIpc) is 3.25. The van der Waals surface area contributed by atoms with Gasteiger partial charge in [-0.3, -0.25) is 9.48 Å². The van der Waals surface area contributed by atoms with E-state index in [1.165, 1.54) is 35.9 Å². The Morgan fingerprint density at radius 1 is 1.27 bits per heavy atom. The summed E-state index contributed by atoms with van der Waals surface area (Å²) in [6.07, 6.45) is 9.66. The molecule has 0 radical (unpaired) electrons. The van der Waals surface area contributed by atoms with E-state index in [-0.39, 0.29) is 11.9 Å². The molecule has 3 aromatic heterocycles. The highest BCUT2D eigenvalue weighted by Crippen LogP contribution is 2.39. The first-order valence-electron chi connectivity index (χ1n) is 9.45. The molecule has 0 unspecified atom stereocenters. The van der Waals surface area contributed by atoms with Crippen LogP contribution in [0.25, 0.3) is 5.95 Å². The molecule has 1 saturated carbocycles. The van der Waals surface area contributed by atoms with Crippen LogP contribution in [0, 0.1) is 0 Å². The van der Waals surface area contributed by atoms with Crippen LogP contribution in [0.15, 0.2) is 29.2 Å². The molecule has 11 nitrogen and oxygen atoms in total. The van der Waals surface area contributed by atoms with E-state index in [0.717, 1.165) is 18.5 Å². The second-order valence-corrected chi connectivity index (χ2v) is 10.1. The van der Waals surface area contributed by atoms with Gasteiger partial charge in [-0.15, -0.1) is 0 Å². The Kier molecular flexibility index (Phi) is 5.10. The summed E-state index contributed by atoms with van der Waals surface area (Å²) in [7, 11) is -0.449. The van der Waals surface area contributed by atoms with E-state index in [2.05, 4.69) is 34.8 Å². The SMILES string of the molecule is C[C@H](NC(=O)c1cc(C2CC2)n(C)n1)c1ncnn1-c1ncc(N=S(C)(C)=O)cn1. The van der Waals surface area contributed by atoms with Crippen molar-refractivity contribution in [2.45, 2.75) is 31.7 Å². The minimum atomic E-state index is -2.30. The Hall–Kier alpha value is -3.15. The van der Waals surface area contributed by atoms with Crippen LogP contribution in [-0.2, 0) is 16.8 Å². The van der Waals surface area contributed by atoms with Gasteiger partial charge < -0.3 is 5.32 Å². The third-order valence-electron chi connectivity index (χ3n) is 4.59. The average molecular weight is 430 g/mol. The molecule has 1 amide bonds. The summed E-state index contributed by atoms with van der Waals surface area (Å²) in [5.41, 5.74) is 1.87. The molecule has 0 aliphatic heterocycles. The first-order valence-corrected chi connectivity index (χ1v) is 11.8. The molecule has 3 aromatic rings. The summed E-state index contributed by atoms with van der Waals surface area (Å²) in [5.74, 6) is 0.969. The number of hydrogen-bond acceptors (Lipinski definition) is 8. The van der Waals surface area contributed by atoms with E-state index in [9.17, 15) is 9.00 Å². The molecule has 1 N–H and O–H groups in total. The number of hydrogen-bond donors (Lipinski definition) is 1. The van der Waals surface area contributed by atoms with Crippen molar-refractivity contribution in [3.8, 4) is 5.95 Å². The van der Waals surface area contributed by atoms with Crippen molar-refractivity contribution in [3.63, 3.8) is 0 Å². The standard InChI is InChI=1S/C18H23N9O2S/c1-11(23-17(28)14-7-15(12-5-6-12)26(2)24-14)16-21-10-22-27(16)18-19-8-13(9-20-18)25-30(3,4)29/h7-12H,5-6H2,1-4H3,(H,23,28)/t11-/m0/s1. The fourth-order valence-corrected chi connectivity index (χ4v) is 3.72. The fraction of sp³-hybridized carbons (Fsp3) is 0.444. The normalized spacial score (nSPS) is 15.1. The highest BCUT2D eigenvalue weighted by atomic mass is 32.2. The van der Waals surface area contributed by atoms with Gasteiger partial charge in [-0.25, -0.2) is 19.2 Å². The van der Waals surface area contributed by atoms with E-state index in [0.29, 0.717) is 23.1 Å². The second kappa shape index (κ2) is 7.59. The van der Waals surface area contributed by atoms with Crippen LogP contribution in [-0.4, -0.2) is 57.1 Å². The molecule has 1 aliphatic rings. The Balaban J connectivity index is 1.51. The van der Waals surface area contributed by atoms with E-state index in [4.69, 9.17) is 0 Å². The topological polar surface area (TPSA) is 133 Å². The smallest absolute Gasteiger partial charge is 0.272 e. The Labute approximate surface area is 174 Å². The third kappa shape index (κ3) is 4.37. The molecule has 1 fully saturated rings. The van der Waals surface area contributed by atoms with Gasteiger partial charge in [-0.2, -0.15) is 19.2 Å². The van der Waals surface area contributed by atoms with Gasteiger partial charge in [0.05, 0.1) is 18.4 Å². The van der Waals surface area contributed by atoms with Gasteiger partial charge in [0, 0.05) is 40.9 Å². The minimum Gasteiger partial charge on any atom is -0.341 e. The van der Waals surface area contributed by atoms with Crippen LogP contribution in [0.5, 0.6) is 0 Å². The molecule has 4 rings (SSSR count). The first-order chi connectivity index (χ1) is 14.2. The molecule has 0 spiro atoms. The maximum atomic E-state index is 12.7. The maximum Gasteiger partial charge on any atom is 0.272 e. The highest BCUT2D eigenvalue weighted by molar-refractivity contribution is 7.92. The van der Waals surface area contributed by atoms with Crippen LogP contribution in [0.2, 0.25) is 0 Å². The molecule has 1 aliphatic carbocycles. The second-order valence-electron chi connectivity index (χ2n) is 7.59. The first kappa shape index (κ1) is 20.1. The lowest BCUT2D eigenvalue weighted by Crippen LogP contribution is -2.29. The predicted molar refractivity (Wildman–Crippen MR) is 110 cm³/mol. The van der Waals surface area contributed by atoms with Crippen molar-refractivity contribution in [3.05, 3.63) is 42.0 Å². The van der Waals surface area contributed by atoms with Gasteiger partial charge >= 0.3 is 0 Å². The zero-order valence-corrected chi connectivity index (χ0v) is 18.0. The lowest BCUT2D eigenvalue weighted by molar-refractivity contribution is 0.0932. The molecule has 12 heteroatoms. The Bertz CT molecular complexity index is 1190. The number of aryl methyl sites for hydroxylation is 1. The van der Waals surface area contributed by atoms with Crippen molar-refractivity contribution in [1.82, 2.24) is 39.8 Å². The summed E-state index contributed by atoms with van der Waals surface area (Å²) < 4.78 is 19.1. The van der Waals surface area contributed by atoms with E-state index >= 15 is 0 Å². The number of nitrogens with zero attached hydrogens (tertiary/aromatic N) is 8. The molecule has 158 valence electrons. The Morgan fingerprint density at radius 3 is 2.60 bits per heavy atom. The molecule has 1 atom stereocenters. The van der Waals surface area contributed by atoms with Gasteiger partial charge in [0.25, 0.3) is 11.9 Å². The van der Waals surface area contributed by atoms with E-state index in [1.807, 2.05) is 13.1 Å². The van der Waals surface area contributed by atoms with Gasteiger partial charge in [0.15, 0.2) is 5.82 Å². The van der Waals surface area contributed by atoms with E-state index < -0.39 is 15.8 Å². The van der Waals surface area contributed by atoms with Crippen LogP contribution < -0.4 is 5.32 Å². The largest absolute Gasteiger partial charge is 0.341 e. The molecule has 30 heavy (non-hydrogen) atoms. The summed E-state index contributed by atoms with van der Waals surface area (Å²) in [4.78, 5) is 25.4. The number of carbonyl (C=O) groups excluding carboxylic acids is 1. The Morgan fingerprint density at radius 2 is 1.97 bits per heavy atom. The van der Waals surface area contributed by atoms with Crippen molar-refractivity contribution >= 4 is 21.3 Å². The van der Waals surface area contributed by atoms with Crippen LogP contribution in [0.3, 0.4) is 0 Å². The summed E-state index contributed by atoms with van der Waals surface area (Å²) in [5, 5.41) is 11.4. The van der Waals surface area contributed by atoms with Crippen molar-refractivity contribution in [2.24, 2.45) is 11.4 Å². The molecule has 3 heterocycles. The monoisotopic (exact) mass is 429 g/mol.